The molecule has 22 heavy (non-hydrogen) atoms. The zero-order valence-electron chi connectivity index (χ0n) is 12.3. The van der Waals surface area contributed by atoms with Crippen LogP contribution in [0.15, 0.2) is 18.2 Å². The lowest BCUT2D eigenvalue weighted by Crippen LogP contribution is -2.47. The standard InChI is InChI=1S/C14H19N3O4S/c1-2-19-7-3-6-15-14(22)17-16-13(18)10-4-5-11-12(8-10)21-9-20-11/h4-5,8H,2-3,6-7,9H2,1H3,(H,16,18)(H2,15,17,22). The van der Waals surface area contributed by atoms with E-state index in [0.29, 0.717) is 41.9 Å². The fourth-order valence-electron chi connectivity index (χ4n) is 1.79. The molecule has 0 spiro atoms. The minimum atomic E-state index is -0.309. The number of benzene rings is 1. The minimum absolute atomic E-state index is 0.175. The van der Waals surface area contributed by atoms with Crippen molar-refractivity contribution in [1.82, 2.24) is 16.2 Å². The van der Waals surface area contributed by atoms with Crippen LogP contribution in [0.1, 0.15) is 23.7 Å². The molecule has 0 aliphatic carbocycles. The van der Waals surface area contributed by atoms with Gasteiger partial charge in [-0.05, 0) is 43.8 Å². The molecule has 120 valence electrons. The summed E-state index contributed by atoms with van der Waals surface area (Å²) in [6.07, 6.45) is 0.839. The predicted molar refractivity (Wildman–Crippen MR) is 84.9 cm³/mol. The summed E-state index contributed by atoms with van der Waals surface area (Å²) in [7, 11) is 0. The van der Waals surface area contributed by atoms with Crippen LogP contribution in [-0.2, 0) is 4.74 Å². The average molecular weight is 325 g/mol. The van der Waals surface area contributed by atoms with Gasteiger partial charge in [0.1, 0.15) is 0 Å². The van der Waals surface area contributed by atoms with Crippen molar-refractivity contribution in [3.63, 3.8) is 0 Å². The monoisotopic (exact) mass is 325 g/mol. The van der Waals surface area contributed by atoms with Crippen molar-refractivity contribution in [3.8, 4) is 11.5 Å². The van der Waals surface area contributed by atoms with Crippen LogP contribution >= 0.6 is 12.2 Å². The van der Waals surface area contributed by atoms with E-state index in [1.165, 1.54) is 0 Å². The second-order valence-electron chi connectivity index (χ2n) is 4.45. The molecule has 0 unspecified atom stereocenters. The van der Waals surface area contributed by atoms with Crippen molar-refractivity contribution in [2.45, 2.75) is 13.3 Å². The van der Waals surface area contributed by atoms with Crippen LogP contribution in [0, 0.1) is 0 Å². The van der Waals surface area contributed by atoms with Gasteiger partial charge in [0, 0.05) is 25.3 Å². The number of carbonyl (C=O) groups is 1. The van der Waals surface area contributed by atoms with Crippen molar-refractivity contribution in [3.05, 3.63) is 23.8 Å². The van der Waals surface area contributed by atoms with Crippen LogP contribution in [0.25, 0.3) is 0 Å². The number of thiocarbonyl (C=S) groups is 1. The first-order valence-corrected chi connectivity index (χ1v) is 7.43. The van der Waals surface area contributed by atoms with Gasteiger partial charge in [-0.25, -0.2) is 0 Å². The molecule has 0 bridgehead atoms. The molecule has 0 aromatic heterocycles. The van der Waals surface area contributed by atoms with Gasteiger partial charge in [0.25, 0.3) is 5.91 Å². The average Bonchev–Trinajstić information content (AvgIpc) is 2.99. The molecule has 8 heteroatoms. The first kappa shape index (κ1) is 16.3. The van der Waals surface area contributed by atoms with Gasteiger partial charge in [0.2, 0.25) is 6.79 Å². The minimum Gasteiger partial charge on any atom is -0.454 e. The number of hydrogen-bond donors (Lipinski definition) is 3. The maximum Gasteiger partial charge on any atom is 0.269 e. The number of hydrazine groups is 1. The highest BCUT2D eigenvalue weighted by molar-refractivity contribution is 7.80. The van der Waals surface area contributed by atoms with E-state index in [2.05, 4.69) is 16.2 Å². The highest BCUT2D eigenvalue weighted by Gasteiger charge is 2.16. The molecule has 0 fully saturated rings. The molecule has 1 aromatic carbocycles. The summed E-state index contributed by atoms with van der Waals surface area (Å²) < 4.78 is 15.6. The highest BCUT2D eigenvalue weighted by atomic mass is 32.1. The number of fused-ring (bicyclic) bond motifs is 1. The smallest absolute Gasteiger partial charge is 0.269 e. The second kappa shape index (κ2) is 8.40. The number of nitrogens with one attached hydrogen (secondary N) is 3. The Bertz CT molecular complexity index is 539. The molecule has 3 N–H and O–H groups in total. The van der Waals surface area contributed by atoms with Crippen LogP contribution < -0.4 is 25.6 Å². The number of hydrogen-bond acceptors (Lipinski definition) is 5. The van der Waals surface area contributed by atoms with Crippen molar-refractivity contribution in [2.24, 2.45) is 0 Å². The van der Waals surface area contributed by atoms with Gasteiger partial charge in [-0.3, -0.25) is 15.6 Å². The van der Waals surface area contributed by atoms with E-state index in [-0.39, 0.29) is 12.7 Å². The summed E-state index contributed by atoms with van der Waals surface area (Å²) in [6.45, 7) is 4.18. The Morgan fingerprint density at radius 1 is 1.32 bits per heavy atom. The number of ether oxygens (including phenoxy) is 3. The van der Waals surface area contributed by atoms with E-state index in [1.54, 1.807) is 18.2 Å². The van der Waals surface area contributed by atoms with Crippen LogP contribution in [0.2, 0.25) is 0 Å². The molecule has 1 heterocycles. The fourth-order valence-corrected chi connectivity index (χ4v) is 1.94. The van der Waals surface area contributed by atoms with Crippen molar-refractivity contribution < 1.29 is 19.0 Å². The lowest BCUT2D eigenvalue weighted by molar-refractivity contribution is 0.0943. The fraction of sp³-hybridized carbons (Fsp3) is 0.429. The second-order valence-corrected chi connectivity index (χ2v) is 4.86. The largest absolute Gasteiger partial charge is 0.454 e. The third-order valence-electron chi connectivity index (χ3n) is 2.88. The first-order chi connectivity index (χ1) is 10.7. The first-order valence-electron chi connectivity index (χ1n) is 7.02. The molecule has 1 amide bonds. The third-order valence-corrected chi connectivity index (χ3v) is 3.13. The molecule has 1 aliphatic rings. The van der Waals surface area contributed by atoms with Crippen molar-refractivity contribution in [2.75, 3.05) is 26.6 Å². The van der Waals surface area contributed by atoms with E-state index >= 15 is 0 Å². The Morgan fingerprint density at radius 3 is 2.95 bits per heavy atom. The molecule has 0 radical (unpaired) electrons. The van der Waals surface area contributed by atoms with Gasteiger partial charge in [-0.15, -0.1) is 0 Å². The summed E-state index contributed by atoms with van der Waals surface area (Å²) in [5, 5.41) is 3.32. The molecular weight excluding hydrogens is 306 g/mol. The SMILES string of the molecule is CCOCCCNC(=S)NNC(=O)c1ccc2c(c1)OCO2. The summed E-state index contributed by atoms with van der Waals surface area (Å²) in [5.74, 6) is 0.886. The topological polar surface area (TPSA) is 80.9 Å². The zero-order chi connectivity index (χ0) is 15.8. The highest BCUT2D eigenvalue weighted by Crippen LogP contribution is 2.32. The van der Waals surface area contributed by atoms with Gasteiger partial charge in [0.05, 0.1) is 0 Å². The molecule has 0 atom stereocenters. The van der Waals surface area contributed by atoms with E-state index in [0.717, 1.165) is 6.42 Å². The van der Waals surface area contributed by atoms with Crippen molar-refractivity contribution in [1.29, 1.82) is 0 Å². The summed E-state index contributed by atoms with van der Waals surface area (Å²) in [6, 6.07) is 4.97. The maximum absolute atomic E-state index is 12.0. The Kier molecular flexibility index (Phi) is 6.23. The van der Waals surface area contributed by atoms with Gasteiger partial charge < -0.3 is 19.5 Å². The molecule has 7 nitrogen and oxygen atoms in total. The van der Waals surface area contributed by atoms with E-state index in [9.17, 15) is 4.79 Å². The molecule has 2 rings (SSSR count). The van der Waals surface area contributed by atoms with Gasteiger partial charge in [-0.2, -0.15) is 0 Å². The zero-order valence-corrected chi connectivity index (χ0v) is 13.1. The van der Waals surface area contributed by atoms with Crippen LogP contribution in [0.4, 0.5) is 0 Å². The molecule has 1 aromatic rings. The Morgan fingerprint density at radius 2 is 2.14 bits per heavy atom. The molecule has 0 saturated carbocycles. The Hall–Kier alpha value is -2.06. The molecule has 1 aliphatic heterocycles. The number of carbonyl (C=O) groups excluding carboxylic acids is 1. The van der Waals surface area contributed by atoms with Crippen LogP contribution in [-0.4, -0.2) is 37.6 Å². The number of rotatable bonds is 6. The quantitative estimate of drug-likeness (QED) is 0.408. The Balaban J connectivity index is 1.70. The van der Waals surface area contributed by atoms with E-state index in [4.69, 9.17) is 26.4 Å². The number of amides is 1. The van der Waals surface area contributed by atoms with Gasteiger partial charge in [0.15, 0.2) is 16.6 Å². The summed E-state index contributed by atoms with van der Waals surface area (Å²) >= 11 is 5.06. The van der Waals surface area contributed by atoms with Crippen molar-refractivity contribution >= 4 is 23.2 Å². The Labute approximate surface area is 134 Å². The van der Waals surface area contributed by atoms with Crippen LogP contribution in [0.5, 0.6) is 11.5 Å². The maximum atomic E-state index is 12.0. The third kappa shape index (κ3) is 4.74. The molecular formula is C14H19N3O4S. The van der Waals surface area contributed by atoms with Gasteiger partial charge >= 0.3 is 0 Å². The lowest BCUT2D eigenvalue weighted by Gasteiger charge is -2.11. The molecule has 0 saturated heterocycles. The summed E-state index contributed by atoms with van der Waals surface area (Å²) in [4.78, 5) is 12.0. The lowest BCUT2D eigenvalue weighted by atomic mass is 10.2. The van der Waals surface area contributed by atoms with E-state index in [1.807, 2.05) is 6.92 Å². The van der Waals surface area contributed by atoms with E-state index < -0.39 is 0 Å². The van der Waals surface area contributed by atoms with Gasteiger partial charge in [-0.1, -0.05) is 0 Å². The van der Waals surface area contributed by atoms with Crippen LogP contribution in [0.3, 0.4) is 0 Å². The predicted octanol–water partition coefficient (Wildman–Crippen LogP) is 0.951. The normalized spacial score (nSPS) is 11.9. The summed E-state index contributed by atoms with van der Waals surface area (Å²) in [5.41, 5.74) is 5.62.